The molecule has 1 aromatic carbocycles. The zero-order chi connectivity index (χ0) is 30.0. The number of rotatable bonds is 9. The number of urea groups is 1. The fourth-order valence-electron chi connectivity index (χ4n) is 5.33. The molecule has 3 amide bonds. The number of fused-ring (bicyclic) bond motifs is 1. The van der Waals surface area contributed by atoms with Gasteiger partial charge >= 0.3 is 6.03 Å². The topological polar surface area (TPSA) is 127 Å². The van der Waals surface area contributed by atoms with Crippen molar-refractivity contribution in [2.75, 3.05) is 29.3 Å². The Bertz CT molecular complexity index is 1490. The summed E-state index contributed by atoms with van der Waals surface area (Å²) in [7, 11) is 4.75. The minimum absolute atomic E-state index is 0.0786. The number of hydrogen-bond acceptors (Lipinski definition) is 8. The van der Waals surface area contributed by atoms with E-state index in [1.54, 1.807) is 35.1 Å². The molecule has 5 rings (SSSR count). The van der Waals surface area contributed by atoms with Crippen molar-refractivity contribution in [1.82, 2.24) is 25.1 Å². The lowest BCUT2D eigenvalue weighted by Gasteiger charge is -2.37. The van der Waals surface area contributed by atoms with Crippen LogP contribution in [0.4, 0.5) is 22.2 Å². The minimum Gasteiger partial charge on any atom is -0.495 e. The van der Waals surface area contributed by atoms with E-state index in [1.807, 2.05) is 6.20 Å². The van der Waals surface area contributed by atoms with Crippen LogP contribution in [0.1, 0.15) is 36.8 Å². The van der Waals surface area contributed by atoms with E-state index in [-0.39, 0.29) is 46.8 Å². The molecule has 222 valence electrons. The smallest absolute Gasteiger partial charge is 0.330 e. The molecule has 2 aromatic heterocycles. The van der Waals surface area contributed by atoms with Crippen LogP contribution in [0, 0.1) is 0 Å². The SMILES string of the molecule is C=CC(=O)NC1CCCCC1Nc1ncc2c(n1)N(Cc1cnn(C)c1)C(=O)N(c1c(Cl)c(OC)cc(OC)c1Cl)C2. The molecule has 0 spiro atoms. The van der Waals surface area contributed by atoms with Gasteiger partial charge in [-0.3, -0.25) is 19.3 Å². The van der Waals surface area contributed by atoms with Gasteiger partial charge in [-0.1, -0.05) is 42.6 Å². The second-order valence-corrected chi connectivity index (χ2v) is 10.9. The molecule has 1 saturated carbocycles. The van der Waals surface area contributed by atoms with Crippen molar-refractivity contribution in [3.05, 3.63) is 58.5 Å². The highest BCUT2D eigenvalue weighted by Gasteiger charge is 2.37. The van der Waals surface area contributed by atoms with Gasteiger partial charge in [0.15, 0.2) is 0 Å². The number of carbonyl (C=O) groups is 2. The van der Waals surface area contributed by atoms with Crippen molar-refractivity contribution in [2.45, 2.75) is 50.9 Å². The molecule has 0 bridgehead atoms. The molecule has 3 aromatic rings. The summed E-state index contributed by atoms with van der Waals surface area (Å²) in [5.74, 6) is 1.20. The van der Waals surface area contributed by atoms with Crippen LogP contribution in [0.3, 0.4) is 0 Å². The first-order valence-electron chi connectivity index (χ1n) is 13.5. The number of carbonyl (C=O) groups excluding carboxylic acids is 2. The molecule has 3 heterocycles. The van der Waals surface area contributed by atoms with Crippen LogP contribution < -0.4 is 29.9 Å². The molecule has 1 aliphatic heterocycles. The third-order valence-corrected chi connectivity index (χ3v) is 8.13. The number of methoxy groups -OCH3 is 2. The minimum atomic E-state index is -0.399. The van der Waals surface area contributed by atoms with Gasteiger partial charge < -0.3 is 20.1 Å². The van der Waals surface area contributed by atoms with Gasteiger partial charge in [0.25, 0.3) is 0 Å². The molecule has 12 nitrogen and oxygen atoms in total. The van der Waals surface area contributed by atoms with Crippen molar-refractivity contribution in [3.63, 3.8) is 0 Å². The van der Waals surface area contributed by atoms with E-state index in [1.165, 1.54) is 25.2 Å². The first-order chi connectivity index (χ1) is 20.2. The molecule has 1 fully saturated rings. The molecule has 0 radical (unpaired) electrons. The fraction of sp³-hybridized carbons (Fsp3) is 0.393. The number of halogens is 2. The maximum Gasteiger partial charge on any atom is 0.330 e. The summed E-state index contributed by atoms with van der Waals surface area (Å²) in [4.78, 5) is 38.6. The highest BCUT2D eigenvalue weighted by Crippen LogP contribution is 2.48. The van der Waals surface area contributed by atoms with E-state index >= 15 is 0 Å². The molecular formula is C28H32Cl2N8O4. The molecule has 0 saturated heterocycles. The van der Waals surface area contributed by atoms with Crippen LogP contribution >= 0.6 is 23.2 Å². The Kier molecular flexibility index (Phi) is 8.74. The summed E-state index contributed by atoms with van der Waals surface area (Å²) in [5, 5.41) is 11.0. The van der Waals surface area contributed by atoms with Gasteiger partial charge in [-0.2, -0.15) is 10.1 Å². The lowest BCUT2D eigenvalue weighted by molar-refractivity contribution is -0.117. The predicted molar refractivity (Wildman–Crippen MR) is 161 cm³/mol. The van der Waals surface area contributed by atoms with Gasteiger partial charge in [0.05, 0.1) is 39.2 Å². The van der Waals surface area contributed by atoms with Gasteiger partial charge in [0.2, 0.25) is 11.9 Å². The Hall–Kier alpha value is -4.03. The predicted octanol–water partition coefficient (Wildman–Crippen LogP) is 4.71. The van der Waals surface area contributed by atoms with E-state index in [9.17, 15) is 9.59 Å². The number of hydrogen-bond donors (Lipinski definition) is 2. The summed E-state index contributed by atoms with van der Waals surface area (Å²) in [6.07, 6.45) is 10.2. The number of nitrogens with zero attached hydrogens (tertiary/aromatic N) is 6. The number of nitrogens with one attached hydrogen (secondary N) is 2. The molecule has 1 aliphatic carbocycles. The first-order valence-corrected chi connectivity index (χ1v) is 14.2. The number of anilines is 3. The highest BCUT2D eigenvalue weighted by atomic mass is 35.5. The zero-order valence-corrected chi connectivity index (χ0v) is 25.1. The van der Waals surface area contributed by atoms with Crippen molar-refractivity contribution < 1.29 is 19.1 Å². The molecule has 2 atom stereocenters. The fourth-order valence-corrected chi connectivity index (χ4v) is 6.04. The Morgan fingerprint density at radius 2 is 1.83 bits per heavy atom. The number of ether oxygens (including phenoxy) is 2. The molecule has 2 aliphatic rings. The number of amides is 3. The maximum atomic E-state index is 14.2. The lowest BCUT2D eigenvalue weighted by atomic mass is 9.90. The largest absolute Gasteiger partial charge is 0.495 e. The summed E-state index contributed by atoms with van der Waals surface area (Å²) in [5.41, 5.74) is 1.73. The Labute approximate surface area is 253 Å². The standard InChI is InChI=1S/C28H32Cl2N8O4/c1-5-22(39)33-18-8-6-7-9-19(18)34-27-31-12-17-15-37(25-23(29)20(41-3)10-21(42-4)24(25)30)28(40)38(26(17)35-27)14-16-11-32-36(2)13-16/h5,10-13,18-19H,1,6-9,14-15H2,2-4H3,(H,33,39)(H,31,34,35). The van der Waals surface area contributed by atoms with Crippen molar-refractivity contribution in [1.29, 1.82) is 0 Å². The molecular weight excluding hydrogens is 583 g/mol. The van der Waals surface area contributed by atoms with Gasteiger partial charge in [0.1, 0.15) is 27.4 Å². The molecule has 42 heavy (non-hydrogen) atoms. The Balaban J connectivity index is 1.53. The number of aromatic nitrogens is 4. The summed E-state index contributed by atoms with van der Waals surface area (Å²) < 4.78 is 12.5. The Morgan fingerprint density at radius 1 is 1.14 bits per heavy atom. The second kappa shape index (κ2) is 12.5. The third kappa shape index (κ3) is 5.82. The second-order valence-electron chi connectivity index (χ2n) is 10.1. The van der Waals surface area contributed by atoms with Crippen LogP contribution in [0.2, 0.25) is 10.0 Å². The van der Waals surface area contributed by atoms with Crippen molar-refractivity contribution in [2.24, 2.45) is 7.05 Å². The van der Waals surface area contributed by atoms with Crippen LogP contribution in [0.5, 0.6) is 11.5 Å². The summed E-state index contributed by atoms with van der Waals surface area (Å²) >= 11 is 13.4. The average molecular weight is 616 g/mol. The monoisotopic (exact) mass is 614 g/mol. The lowest BCUT2D eigenvalue weighted by Crippen LogP contribution is -2.49. The molecule has 14 heteroatoms. The van der Waals surface area contributed by atoms with Gasteiger partial charge in [-0.25, -0.2) is 9.78 Å². The summed E-state index contributed by atoms with van der Waals surface area (Å²) in [6, 6.07) is 0.995. The van der Waals surface area contributed by atoms with Gasteiger partial charge in [0, 0.05) is 48.7 Å². The summed E-state index contributed by atoms with van der Waals surface area (Å²) in [6.45, 7) is 3.85. The van der Waals surface area contributed by atoms with Crippen LogP contribution in [-0.4, -0.2) is 58.0 Å². The number of aryl methyl sites for hydroxylation is 1. The van der Waals surface area contributed by atoms with E-state index in [0.717, 1.165) is 31.2 Å². The molecule has 2 N–H and O–H groups in total. The van der Waals surface area contributed by atoms with Gasteiger partial charge in [-0.15, -0.1) is 0 Å². The van der Waals surface area contributed by atoms with E-state index in [0.29, 0.717) is 28.8 Å². The van der Waals surface area contributed by atoms with Crippen molar-refractivity contribution in [3.8, 4) is 11.5 Å². The van der Waals surface area contributed by atoms with Crippen LogP contribution in [-0.2, 0) is 24.9 Å². The normalized spacial score (nSPS) is 18.4. The van der Waals surface area contributed by atoms with Crippen LogP contribution in [0.25, 0.3) is 0 Å². The van der Waals surface area contributed by atoms with E-state index in [2.05, 4.69) is 27.3 Å². The first kappa shape index (κ1) is 29.5. The number of benzene rings is 1. The van der Waals surface area contributed by atoms with Crippen LogP contribution in [0.15, 0.2) is 37.3 Å². The van der Waals surface area contributed by atoms with E-state index < -0.39 is 6.03 Å². The van der Waals surface area contributed by atoms with E-state index in [4.69, 9.17) is 37.7 Å². The van der Waals surface area contributed by atoms with Crippen molar-refractivity contribution >= 4 is 52.6 Å². The Morgan fingerprint density at radius 3 is 2.45 bits per heavy atom. The quantitative estimate of drug-likeness (QED) is 0.332. The maximum absolute atomic E-state index is 14.2. The van der Waals surface area contributed by atoms with Gasteiger partial charge in [-0.05, 0) is 18.9 Å². The third-order valence-electron chi connectivity index (χ3n) is 7.40. The molecule has 2 unspecified atom stereocenters. The average Bonchev–Trinajstić information content (AvgIpc) is 3.40. The zero-order valence-electron chi connectivity index (χ0n) is 23.6. The highest BCUT2D eigenvalue weighted by molar-refractivity contribution is 6.42.